The molecular weight excluding hydrogens is 311 g/mol. The Morgan fingerprint density at radius 1 is 1.26 bits per heavy atom. The number of aryl methyl sites for hydroxylation is 1. The Hall–Kier alpha value is -1.88. The maximum absolute atomic E-state index is 13.1. The molecule has 0 fully saturated rings. The van der Waals surface area contributed by atoms with Crippen LogP contribution in [-0.2, 0) is 0 Å². The average Bonchev–Trinajstić information content (AvgIpc) is 2.35. The summed E-state index contributed by atoms with van der Waals surface area (Å²) in [5, 5.41) is 2.72. The fraction of sp³-hybridized carbons (Fsp3) is 0.0714. The summed E-state index contributed by atoms with van der Waals surface area (Å²) < 4.78 is 14.1. The zero-order valence-electron chi connectivity index (χ0n) is 10.2. The van der Waals surface area contributed by atoms with Crippen molar-refractivity contribution >= 4 is 33.2 Å². The van der Waals surface area contributed by atoms with E-state index in [2.05, 4.69) is 21.2 Å². The molecule has 2 aromatic rings. The first kappa shape index (κ1) is 13.5. The average molecular weight is 323 g/mol. The van der Waals surface area contributed by atoms with Crippen molar-refractivity contribution in [2.24, 2.45) is 0 Å². The van der Waals surface area contributed by atoms with Gasteiger partial charge in [0.05, 0.1) is 5.56 Å². The minimum absolute atomic E-state index is 0.127. The fourth-order valence-corrected chi connectivity index (χ4v) is 2.16. The Morgan fingerprint density at radius 2 is 2.00 bits per heavy atom. The first-order valence-corrected chi connectivity index (χ1v) is 6.39. The van der Waals surface area contributed by atoms with Crippen LogP contribution in [0.3, 0.4) is 0 Å². The van der Waals surface area contributed by atoms with Crippen LogP contribution in [0.2, 0.25) is 0 Å². The maximum Gasteiger partial charge on any atom is 0.257 e. The van der Waals surface area contributed by atoms with Crippen molar-refractivity contribution < 1.29 is 9.18 Å². The molecule has 0 unspecified atom stereocenters. The standard InChI is InChI=1S/C14H12BrFN2O/c1-8-6-9(15)2-5-13(8)18-14(19)11-7-10(16)3-4-12(11)17/h2-7H,17H2,1H3,(H,18,19). The highest BCUT2D eigenvalue weighted by atomic mass is 79.9. The number of hydrogen-bond donors (Lipinski definition) is 2. The molecule has 0 aliphatic heterocycles. The first-order valence-electron chi connectivity index (χ1n) is 5.60. The van der Waals surface area contributed by atoms with Gasteiger partial charge in [0.25, 0.3) is 5.91 Å². The van der Waals surface area contributed by atoms with E-state index in [0.717, 1.165) is 16.1 Å². The molecule has 98 valence electrons. The van der Waals surface area contributed by atoms with Gasteiger partial charge in [0, 0.05) is 15.8 Å². The van der Waals surface area contributed by atoms with E-state index in [4.69, 9.17) is 5.73 Å². The van der Waals surface area contributed by atoms with Gasteiger partial charge in [-0.2, -0.15) is 0 Å². The van der Waals surface area contributed by atoms with E-state index in [1.54, 1.807) is 6.07 Å². The number of rotatable bonds is 2. The molecule has 0 aliphatic carbocycles. The molecule has 3 nitrogen and oxygen atoms in total. The van der Waals surface area contributed by atoms with Crippen molar-refractivity contribution in [3.8, 4) is 0 Å². The summed E-state index contributed by atoms with van der Waals surface area (Å²) in [6.45, 7) is 1.87. The summed E-state index contributed by atoms with van der Waals surface area (Å²) in [7, 11) is 0. The van der Waals surface area contributed by atoms with E-state index in [1.807, 2.05) is 19.1 Å². The number of carbonyl (C=O) groups excluding carboxylic acids is 1. The van der Waals surface area contributed by atoms with E-state index >= 15 is 0 Å². The molecule has 0 saturated carbocycles. The molecule has 0 radical (unpaired) electrons. The van der Waals surface area contributed by atoms with Crippen molar-refractivity contribution in [3.63, 3.8) is 0 Å². The SMILES string of the molecule is Cc1cc(Br)ccc1NC(=O)c1cc(F)ccc1N. The number of anilines is 2. The molecule has 2 aromatic carbocycles. The number of nitrogens with two attached hydrogens (primary N) is 1. The van der Waals surface area contributed by atoms with Crippen LogP contribution >= 0.6 is 15.9 Å². The van der Waals surface area contributed by atoms with E-state index in [9.17, 15) is 9.18 Å². The minimum Gasteiger partial charge on any atom is -0.398 e. The molecule has 19 heavy (non-hydrogen) atoms. The number of amides is 1. The molecule has 0 aliphatic rings. The van der Waals surface area contributed by atoms with E-state index in [1.165, 1.54) is 12.1 Å². The van der Waals surface area contributed by atoms with E-state index < -0.39 is 11.7 Å². The lowest BCUT2D eigenvalue weighted by atomic mass is 10.1. The molecule has 0 spiro atoms. The predicted molar refractivity (Wildman–Crippen MR) is 77.6 cm³/mol. The van der Waals surface area contributed by atoms with Crippen molar-refractivity contribution in [3.05, 3.63) is 57.8 Å². The highest BCUT2D eigenvalue weighted by molar-refractivity contribution is 9.10. The smallest absolute Gasteiger partial charge is 0.257 e. The van der Waals surface area contributed by atoms with Crippen LogP contribution < -0.4 is 11.1 Å². The third kappa shape index (κ3) is 3.12. The lowest BCUT2D eigenvalue weighted by Gasteiger charge is -2.10. The number of benzene rings is 2. The second-order valence-corrected chi connectivity index (χ2v) is 5.06. The number of nitrogen functional groups attached to an aromatic ring is 1. The lowest BCUT2D eigenvalue weighted by molar-refractivity contribution is 0.102. The summed E-state index contributed by atoms with van der Waals surface area (Å²) in [4.78, 5) is 12.1. The number of hydrogen-bond acceptors (Lipinski definition) is 2. The zero-order valence-corrected chi connectivity index (χ0v) is 11.8. The van der Waals surface area contributed by atoms with Gasteiger partial charge in [0.15, 0.2) is 0 Å². The number of nitrogens with one attached hydrogen (secondary N) is 1. The topological polar surface area (TPSA) is 55.1 Å². The fourth-order valence-electron chi connectivity index (χ4n) is 1.68. The Morgan fingerprint density at radius 3 is 2.68 bits per heavy atom. The van der Waals surface area contributed by atoms with Crippen molar-refractivity contribution in [1.82, 2.24) is 0 Å². The number of halogens is 2. The van der Waals surface area contributed by atoms with Crippen LogP contribution in [-0.4, -0.2) is 5.91 Å². The second-order valence-electron chi connectivity index (χ2n) is 4.14. The largest absolute Gasteiger partial charge is 0.398 e. The molecule has 0 atom stereocenters. The molecule has 5 heteroatoms. The third-order valence-corrected chi connectivity index (χ3v) is 3.19. The molecule has 3 N–H and O–H groups in total. The molecule has 0 aromatic heterocycles. The Labute approximate surface area is 118 Å². The van der Waals surface area contributed by atoms with Gasteiger partial charge in [-0.25, -0.2) is 4.39 Å². The maximum atomic E-state index is 13.1. The van der Waals surface area contributed by atoms with Gasteiger partial charge in [-0.15, -0.1) is 0 Å². The molecule has 0 bridgehead atoms. The van der Waals surface area contributed by atoms with Crippen LogP contribution in [0.5, 0.6) is 0 Å². The first-order chi connectivity index (χ1) is 8.97. The molecular formula is C14H12BrFN2O. The van der Waals surface area contributed by atoms with Gasteiger partial charge in [-0.05, 0) is 48.9 Å². The van der Waals surface area contributed by atoms with Crippen LogP contribution in [0.15, 0.2) is 40.9 Å². The summed E-state index contributed by atoms with van der Waals surface area (Å²) in [6, 6.07) is 9.18. The summed E-state index contributed by atoms with van der Waals surface area (Å²) >= 11 is 3.35. The van der Waals surface area contributed by atoms with Crippen LogP contribution in [0.1, 0.15) is 15.9 Å². The van der Waals surface area contributed by atoms with Gasteiger partial charge in [-0.3, -0.25) is 4.79 Å². The summed E-state index contributed by atoms with van der Waals surface area (Å²) in [5.74, 6) is -0.922. The third-order valence-electron chi connectivity index (χ3n) is 2.70. The highest BCUT2D eigenvalue weighted by Gasteiger charge is 2.12. The van der Waals surface area contributed by atoms with Gasteiger partial charge in [0.1, 0.15) is 5.82 Å². The van der Waals surface area contributed by atoms with E-state index in [-0.39, 0.29) is 11.3 Å². The minimum atomic E-state index is -0.494. The van der Waals surface area contributed by atoms with Crippen LogP contribution in [0.4, 0.5) is 15.8 Å². The normalized spacial score (nSPS) is 10.3. The van der Waals surface area contributed by atoms with Crippen molar-refractivity contribution in [2.75, 3.05) is 11.1 Å². The molecule has 2 rings (SSSR count). The summed E-state index contributed by atoms with van der Waals surface area (Å²) in [5.41, 5.74) is 7.61. The number of carbonyl (C=O) groups is 1. The molecule has 0 saturated heterocycles. The quantitative estimate of drug-likeness (QED) is 0.828. The Balaban J connectivity index is 2.28. The van der Waals surface area contributed by atoms with Gasteiger partial charge in [0.2, 0.25) is 0 Å². The second kappa shape index (κ2) is 5.40. The molecule has 0 heterocycles. The van der Waals surface area contributed by atoms with Crippen molar-refractivity contribution in [1.29, 1.82) is 0 Å². The van der Waals surface area contributed by atoms with Crippen LogP contribution in [0.25, 0.3) is 0 Å². The van der Waals surface area contributed by atoms with Gasteiger partial charge in [-0.1, -0.05) is 15.9 Å². The van der Waals surface area contributed by atoms with E-state index in [0.29, 0.717) is 5.69 Å². The Kier molecular flexibility index (Phi) is 3.85. The molecule has 1 amide bonds. The predicted octanol–water partition coefficient (Wildman–Crippen LogP) is 3.73. The Bertz CT molecular complexity index is 643. The zero-order chi connectivity index (χ0) is 14.0. The highest BCUT2D eigenvalue weighted by Crippen LogP contribution is 2.22. The summed E-state index contributed by atoms with van der Waals surface area (Å²) in [6.07, 6.45) is 0. The van der Waals surface area contributed by atoms with Gasteiger partial charge < -0.3 is 11.1 Å². The lowest BCUT2D eigenvalue weighted by Crippen LogP contribution is -2.15. The monoisotopic (exact) mass is 322 g/mol. The van der Waals surface area contributed by atoms with Gasteiger partial charge >= 0.3 is 0 Å². The van der Waals surface area contributed by atoms with Crippen molar-refractivity contribution in [2.45, 2.75) is 6.92 Å². The van der Waals surface area contributed by atoms with Crippen LogP contribution in [0, 0.1) is 12.7 Å².